The number of benzene rings is 2. The second kappa shape index (κ2) is 7.14. The zero-order valence-electron chi connectivity index (χ0n) is 12.0. The Morgan fingerprint density at radius 3 is 2.48 bits per heavy atom. The van der Waals surface area contributed by atoms with Gasteiger partial charge < -0.3 is 9.47 Å². The molecule has 110 valence electrons. The van der Waals surface area contributed by atoms with Crippen LogP contribution in [-0.2, 0) is 4.74 Å². The molecule has 1 atom stereocenters. The van der Waals surface area contributed by atoms with Gasteiger partial charge in [0.2, 0.25) is 0 Å². The molecule has 0 saturated heterocycles. The van der Waals surface area contributed by atoms with Crippen molar-refractivity contribution in [3.63, 3.8) is 0 Å². The van der Waals surface area contributed by atoms with Gasteiger partial charge in [-0.25, -0.2) is 4.79 Å². The lowest BCUT2D eigenvalue weighted by Gasteiger charge is -2.13. The molecule has 1 unspecified atom stereocenters. The Hall–Kier alpha value is -2.00. The Labute approximate surface area is 129 Å². The molecule has 21 heavy (non-hydrogen) atoms. The first-order valence-corrected chi connectivity index (χ1v) is 7.23. The fourth-order valence-corrected chi connectivity index (χ4v) is 2.13. The van der Waals surface area contributed by atoms with Gasteiger partial charge >= 0.3 is 5.97 Å². The van der Waals surface area contributed by atoms with E-state index in [1.165, 1.54) is 0 Å². The molecule has 0 aliphatic carbocycles. The van der Waals surface area contributed by atoms with E-state index in [2.05, 4.69) is 0 Å². The predicted molar refractivity (Wildman–Crippen MR) is 83.2 cm³/mol. The lowest BCUT2D eigenvalue weighted by atomic mass is 10.0. The molecule has 0 amide bonds. The number of rotatable bonds is 5. The Morgan fingerprint density at radius 2 is 1.86 bits per heavy atom. The predicted octanol–water partition coefficient (Wildman–Crippen LogP) is 4.96. The molecule has 0 aliphatic rings. The second-order valence-electron chi connectivity index (χ2n) is 4.50. The number of ether oxygens (including phenoxy) is 2. The molecule has 0 spiro atoms. The van der Waals surface area contributed by atoms with Gasteiger partial charge in [0.25, 0.3) is 0 Å². The Morgan fingerprint density at radius 1 is 1.14 bits per heavy atom. The van der Waals surface area contributed by atoms with Crippen molar-refractivity contribution in [2.75, 3.05) is 6.61 Å². The number of halogens is 1. The summed E-state index contributed by atoms with van der Waals surface area (Å²) in [5.74, 6) is 0.998. The van der Waals surface area contributed by atoms with Crippen molar-refractivity contribution in [1.29, 1.82) is 0 Å². The molecule has 0 fully saturated rings. The van der Waals surface area contributed by atoms with E-state index < -0.39 is 0 Å². The van der Waals surface area contributed by atoms with Crippen LogP contribution in [0.4, 0.5) is 0 Å². The van der Waals surface area contributed by atoms with Crippen molar-refractivity contribution in [1.82, 2.24) is 0 Å². The third-order valence-corrected chi connectivity index (χ3v) is 3.16. The first-order valence-electron chi connectivity index (χ1n) is 6.80. The maximum Gasteiger partial charge on any atom is 0.338 e. The van der Waals surface area contributed by atoms with Crippen molar-refractivity contribution >= 4 is 17.6 Å². The Kier molecular flexibility index (Phi) is 5.23. The lowest BCUT2D eigenvalue weighted by molar-refractivity contribution is 0.0525. The average molecular weight is 305 g/mol. The summed E-state index contributed by atoms with van der Waals surface area (Å²) in [5, 5.41) is -0.316. The smallest absolute Gasteiger partial charge is 0.338 e. The van der Waals surface area contributed by atoms with Crippen LogP contribution < -0.4 is 4.74 Å². The van der Waals surface area contributed by atoms with Gasteiger partial charge in [0.05, 0.1) is 17.5 Å². The summed E-state index contributed by atoms with van der Waals surface area (Å²) in [6.07, 6.45) is 0. The highest BCUT2D eigenvalue weighted by atomic mass is 35.5. The maximum absolute atomic E-state index is 11.9. The highest BCUT2D eigenvalue weighted by Crippen LogP contribution is 2.30. The zero-order chi connectivity index (χ0) is 15.2. The van der Waals surface area contributed by atoms with Crippen LogP contribution in [0.15, 0.2) is 48.5 Å². The van der Waals surface area contributed by atoms with E-state index >= 15 is 0 Å². The maximum atomic E-state index is 11.9. The zero-order valence-corrected chi connectivity index (χ0v) is 12.8. The van der Waals surface area contributed by atoms with Crippen LogP contribution in [0.3, 0.4) is 0 Å². The fraction of sp³-hybridized carbons (Fsp3) is 0.235. The van der Waals surface area contributed by atoms with Gasteiger partial charge in [-0.05, 0) is 49.7 Å². The first-order chi connectivity index (χ1) is 10.1. The summed E-state index contributed by atoms with van der Waals surface area (Å²) in [5.41, 5.74) is 1.17. The van der Waals surface area contributed by atoms with E-state index in [-0.39, 0.29) is 11.3 Å². The molecule has 2 aromatic carbocycles. The Bertz CT molecular complexity index is 609. The van der Waals surface area contributed by atoms with Gasteiger partial charge in [-0.15, -0.1) is 11.6 Å². The van der Waals surface area contributed by atoms with Crippen LogP contribution in [0.1, 0.15) is 35.1 Å². The summed E-state index contributed by atoms with van der Waals surface area (Å²) < 4.78 is 10.8. The molecule has 2 aromatic rings. The molecule has 0 aromatic heterocycles. The van der Waals surface area contributed by atoms with Gasteiger partial charge in [-0.2, -0.15) is 0 Å². The highest BCUT2D eigenvalue weighted by molar-refractivity contribution is 6.21. The monoisotopic (exact) mass is 304 g/mol. The van der Waals surface area contributed by atoms with E-state index in [0.717, 1.165) is 5.75 Å². The minimum Gasteiger partial charge on any atom is -0.462 e. The van der Waals surface area contributed by atoms with Gasteiger partial charge in [-0.3, -0.25) is 0 Å². The molecule has 0 bridgehead atoms. The SMILES string of the molecule is CCOC(=O)c1ccc(Oc2ccccc2)cc1C(C)Cl. The van der Waals surface area contributed by atoms with E-state index in [1.807, 2.05) is 37.3 Å². The van der Waals surface area contributed by atoms with Crippen LogP contribution >= 0.6 is 11.6 Å². The second-order valence-corrected chi connectivity index (χ2v) is 5.16. The molecule has 4 heteroatoms. The minimum atomic E-state index is -0.369. The van der Waals surface area contributed by atoms with Crippen molar-refractivity contribution < 1.29 is 14.3 Å². The number of esters is 1. The summed E-state index contributed by atoms with van der Waals surface area (Å²) >= 11 is 6.16. The quantitative estimate of drug-likeness (QED) is 0.579. The minimum absolute atomic E-state index is 0.316. The summed E-state index contributed by atoms with van der Waals surface area (Å²) in [6.45, 7) is 3.91. The molecule has 3 nitrogen and oxygen atoms in total. The first kappa shape index (κ1) is 15.4. The third kappa shape index (κ3) is 3.99. The van der Waals surface area contributed by atoms with Crippen LogP contribution in [0.2, 0.25) is 0 Å². The number of carbonyl (C=O) groups excluding carboxylic acids is 1. The van der Waals surface area contributed by atoms with E-state index in [1.54, 1.807) is 25.1 Å². The van der Waals surface area contributed by atoms with Crippen molar-refractivity contribution in [2.45, 2.75) is 19.2 Å². The molecular formula is C17H17ClO3. The summed E-state index contributed by atoms with van der Waals surface area (Å²) in [4.78, 5) is 11.9. The largest absolute Gasteiger partial charge is 0.462 e. The summed E-state index contributed by atoms with van der Waals surface area (Å²) in [6, 6.07) is 14.6. The van der Waals surface area contributed by atoms with Gasteiger partial charge in [0.15, 0.2) is 0 Å². The number of hydrogen-bond acceptors (Lipinski definition) is 3. The van der Waals surface area contributed by atoms with Gasteiger partial charge in [0.1, 0.15) is 11.5 Å². The molecule has 0 aliphatic heterocycles. The van der Waals surface area contributed by atoms with Gasteiger partial charge in [-0.1, -0.05) is 18.2 Å². The van der Waals surface area contributed by atoms with Crippen molar-refractivity contribution in [2.24, 2.45) is 0 Å². The van der Waals surface area contributed by atoms with E-state index in [0.29, 0.717) is 23.5 Å². The lowest BCUT2D eigenvalue weighted by Crippen LogP contribution is -2.08. The third-order valence-electron chi connectivity index (χ3n) is 2.93. The number of carbonyl (C=O) groups is 1. The van der Waals surface area contributed by atoms with Crippen LogP contribution in [-0.4, -0.2) is 12.6 Å². The molecule has 0 heterocycles. The van der Waals surface area contributed by atoms with E-state index in [4.69, 9.17) is 21.1 Å². The van der Waals surface area contributed by atoms with Crippen LogP contribution in [0.5, 0.6) is 11.5 Å². The van der Waals surface area contributed by atoms with Crippen LogP contribution in [0.25, 0.3) is 0 Å². The molecule has 0 N–H and O–H groups in total. The van der Waals surface area contributed by atoms with E-state index in [9.17, 15) is 4.79 Å². The molecule has 0 radical (unpaired) electrons. The standard InChI is InChI=1S/C17H17ClO3/c1-3-20-17(19)15-10-9-14(11-16(15)12(2)18)21-13-7-5-4-6-8-13/h4-12H,3H2,1-2H3. The molecule has 2 rings (SSSR count). The van der Waals surface area contributed by atoms with Gasteiger partial charge in [0, 0.05) is 0 Å². The topological polar surface area (TPSA) is 35.5 Å². The summed E-state index contributed by atoms with van der Waals surface area (Å²) in [7, 11) is 0. The van der Waals surface area contributed by atoms with Crippen molar-refractivity contribution in [3.8, 4) is 11.5 Å². The van der Waals surface area contributed by atoms with Crippen LogP contribution in [0, 0.1) is 0 Å². The highest BCUT2D eigenvalue weighted by Gasteiger charge is 2.17. The number of para-hydroxylation sites is 1. The Balaban J connectivity index is 2.30. The number of alkyl halides is 1. The molecule has 0 saturated carbocycles. The molecular weight excluding hydrogens is 288 g/mol. The fourth-order valence-electron chi connectivity index (χ4n) is 1.95. The normalized spacial score (nSPS) is 11.8. The average Bonchev–Trinajstić information content (AvgIpc) is 2.48. The van der Waals surface area contributed by atoms with Crippen molar-refractivity contribution in [3.05, 3.63) is 59.7 Å². The number of hydrogen-bond donors (Lipinski definition) is 0.